The number of nitrogens with one attached hydrogen (secondary N) is 2. The number of hydrogen-bond acceptors (Lipinski definition) is 5. The molecular formula is C25H22IN5O2. The summed E-state index contributed by atoms with van der Waals surface area (Å²) >= 11 is 2.12. The summed E-state index contributed by atoms with van der Waals surface area (Å²) in [6.07, 6.45) is 5.20. The van der Waals surface area contributed by atoms with E-state index < -0.39 is 0 Å². The summed E-state index contributed by atoms with van der Waals surface area (Å²) in [6.45, 7) is 0.575. The molecule has 2 aromatic heterocycles. The van der Waals surface area contributed by atoms with Crippen molar-refractivity contribution in [3.63, 3.8) is 0 Å². The Morgan fingerprint density at radius 2 is 2.06 bits per heavy atom. The Labute approximate surface area is 204 Å². The van der Waals surface area contributed by atoms with E-state index in [0.717, 1.165) is 68.1 Å². The first-order chi connectivity index (χ1) is 16.1. The highest BCUT2D eigenvalue weighted by Gasteiger charge is 2.26. The average molecular weight is 551 g/mol. The third-order valence-electron chi connectivity index (χ3n) is 6.15. The average Bonchev–Trinajstić information content (AvgIpc) is 3.52. The zero-order valence-electron chi connectivity index (χ0n) is 17.8. The molecule has 0 bridgehead atoms. The van der Waals surface area contributed by atoms with Gasteiger partial charge in [-0.25, -0.2) is 15.0 Å². The van der Waals surface area contributed by atoms with Gasteiger partial charge in [0.05, 0.1) is 35.7 Å². The van der Waals surface area contributed by atoms with Gasteiger partial charge < -0.3 is 15.0 Å². The number of nitrogens with zero attached hydrogens (tertiary/aromatic N) is 3. The molecule has 0 radical (unpaired) electrons. The SMILES string of the molecule is O=C(Cc1ccc2c(c1)CC(c1nc3cc(-c4ccnc(I)n4)ccc3[nH]1)CO2)NC1CC1. The summed E-state index contributed by atoms with van der Waals surface area (Å²) in [4.78, 5) is 29.2. The third-order valence-corrected chi connectivity index (χ3v) is 6.67. The fourth-order valence-electron chi connectivity index (χ4n) is 4.30. The number of amides is 1. The van der Waals surface area contributed by atoms with Crippen molar-refractivity contribution in [1.29, 1.82) is 0 Å². The van der Waals surface area contributed by atoms with Crippen LogP contribution in [0.4, 0.5) is 0 Å². The summed E-state index contributed by atoms with van der Waals surface area (Å²) < 4.78 is 6.77. The molecule has 2 aromatic carbocycles. The standard InChI is InChI=1S/C25H22IN5O2/c26-25-27-8-7-19(31-25)15-2-5-20-21(12-15)30-24(29-20)17-11-16-9-14(1-6-22(16)33-13-17)10-23(32)28-18-3-4-18/h1-2,5-9,12,17-18H,3-4,10-11,13H2,(H,28,32)(H,29,30). The molecule has 1 unspecified atom stereocenters. The van der Waals surface area contributed by atoms with Crippen molar-refractivity contribution in [2.24, 2.45) is 0 Å². The summed E-state index contributed by atoms with van der Waals surface area (Å²) in [7, 11) is 0. The minimum atomic E-state index is 0.0946. The lowest BCUT2D eigenvalue weighted by molar-refractivity contribution is -0.120. The molecule has 2 aliphatic rings. The van der Waals surface area contributed by atoms with E-state index >= 15 is 0 Å². The van der Waals surface area contributed by atoms with Crippen LogP contribution in [-0.4, -0.2) is 38.5 Å². The van der Waals surface area contributed by atoms with Crippen molar-refractivity contribution in [3.05, 3.63) is 69.4 Å². The molecule has 6 rings (SSSR count). The molecule has 166 valence electrons. The van der Waals surface area contributed by atoms with Crippen molar-refractivity contribution in [2.45, 2.75) is 37.6 Å². The molecule has 1 saturated carbocycles. The number of hydrogen-bond donors (Lipinski definition) is 2. The topological polar surface area (TPSA) is 92.8 Å². The summed E-state index contributed by atoms with van der Waals surface area (Å²) in [5, 5.41) is 3.06. The lowest BCUT2D eigenvalue weighted by Gasteiger charge is -2.24. The predicted molar refractivity (Wildman–Crippen MR) is 133 cm³/mol. The van der Waals surface area contributed by atoms with Gasteiger partial charge >= 0.3 is 0 Å². The van der Waals surface area contributed by atoms with Crippen molar-refractivity contribution < 1.29 is 9.53 Å². The van der Waals surface area contributed by atoms with Crippen LogP contribution in [0.1, 0.15) is 35.7 Å². The van der Waals surface area contributed by atoms with Crippen LogP contribution in [0.15, 0.2) is 48.7 Å². The Bertz CT molecular complexity index is 1360. The van der Waals surface area contributed by atoms with E-state index in [0.29, 0.717) is 19.1 Å². The minimum Gasteiger partial charge on any atom is -0.493 e. The first-order valence-corrected chi connectivity index (χ1v) is 12.2. The fraction of sp³-hybridized carbons (Fsp3) is 0.280. The van der Waals surface area contributed by atoms with E-state index in [1.165, 1.54) is 0 Å². The van der Waals surface area contributed by atoms with Crippen LogP contribution in [0.2, 0.25) is 0 Å². The molecular weight excluding hydrogens is 529 g/mol. The molecule has 7 nitrogen and oxygen atoms in total. The number of aromatic nitrogens is 4. The quantitative estimate of drug-likeness (QED) is 0.287. The molecule has 1 aliphatic heterocycles. The fourth-order valence-corrected chi connectivity index (χ4v) is 4.72. The smallest absolute Gasteiger partial charge is 0.224 e. The van der Waals surface area contributed by atoms with Gasteiger partial charge in [0.15, 0.2) is 3.83 Å². The molecule has 1 atom stereocenters. The highest BCUT2D eigenvalue weighted by molar-refractivity contribution is 14.1. The van der Waals surface area contributed by atoms with Crippen molar-refractivity contribution in [2.75, 3.05) is 6.61 Å². The molecule has 3 heterocycles. The number of H-pyrrole nitrogens is 1. The van der Waals surface area contributed by atoms with E-state index in [4.69, 9.17) is 9.72 Å². The first kappa shape index (κ1) is 20.6. The van der Waals surface area contributed by atoms with Gasteiger partial charge in [0.25, 0.3) is 0 Å². The van der Waals surface area contributed by atoms with Crippen molar-refractivity contribution in [1.82, 2.24) is 25.3 Å². The molecule has 4 aromatic rings. The number of imidazole rings is 1. The van der Waals surface area contributed by atoms with Gasteiger partial charge in [-0.1, -0.05) is 18.2 Å². The van der Waals surface area contributed by atoms with Crippen LogP contribution < -0.4 is 10.1 Å². The van der Waals surface area contributed by atoms with Gasteiger partial charge in [-0.05, 0) is 54.7 Å². The lowest BCUT2D eigenvalue weighted by atomic mass is 9.94. The Morgan fingerprint density at radius 3 is 2.91 bits per heavy atom. The van der Waals surface area contributed by atoms with Gasteiger partial charge in [0.2, 0.25) is 5.91 Å². The van der Waals surface area contributed by atoms with Crippen LogP contribution in [0.5, 0.6) is 5.75 Å². The largest absolute Gasteiger partial charge is 0.493 e. The van der Waals surface area contributed by atoms with Gasteiger partial charge in [0, 0.05) is 40.4 Å². The van der Waals surface area contributed by atoms with Gasteiger partial charge in [-0.15, -0.1) is 0 Å². The van der Waals surface area contributed by atoms with E-state index in [-0.39, 0.29) is 11.8 Å². The zero-order chi connectivity index (χ0) is 22.4. The first-order valence-electron chi connectivity index (χ1n) is 11.1. The monoisotopic (exact) mass is 551 g/mol. The van der Waals surface area contributed by atoms with Gasteiger partial charge in [0.1, 0.15) is 11.6 Å². The van der Waals surface area contributed by atoms with Gasteiger partial charge in [-0.3, -0.25) is 4.79 Å². The zero-order valence-corrected chi connectivity index (χ0v) is 20.0. The summed E-state index contributed by atoms with van der Waals surface area (Å²) in [5.41, 5.74) is 5.94. The number of benzene rings is 2. The van der Waals surface area contributed by atoms with E-state index in [9.17, 15) is 4.79 Å². The van der Waals surface area contributed by atoms with E-state index in [1.54, 1.807) is 6.20 Å². The molecule has 1 fully saturated rings. The van der Waals surface area contributed by atoms with Crippen LogP contribution in [-0.2, 0) is 17.6 Å². The highest BCUT2D eigenvalue weighted by Crippen LogP contribution is 2.33. The Hall–Kier alpha value is -3.01. The van der Waals surface area contributed by atoms with Crippen molar-refractivity contribution >= 4 is 39.5 Å². The van der Waals surface area contributed by atoms with Crippen molar-refractivity contribution in [3.8, 4) is 17.0 Å². The second-order valence-corrected chi connectivity index (χ2v) is 9.70. The molecule has 1 aliphatic carbocycles. The molecule has 0 spiro atoms. The van der Waals surface area contributed by atoms with Gasteiger partial charge in [-0.2, -0.15) is 0 Å². The number of halogens is 1. The third kappa shape index (κ3) is 4.44. The summed E-state index contributed by atoms with van der Waals surface area (Å²) in [5.74, 6) is 2.04. The number of rotatable bonds is 5. The number of fused-ring (bicyclic) bond motifs is 2. The van der Waals surface area contributed by atoms with Crippen LogP contribution >= 0.6 is 22.6 Å². The molecule has 0 saturated heterocycles. The maximum Gasteiger partial charge on any atom is 0.224 e. The number of ether oxygens (including phenoxy) is 1. The maximum atomic E-state index is 12.2. The van der Waals surface area contributed by atoms with E-state index in [1.807, 2.05) is 30.3 Å². The number of aromatic amines is 1. The Kier molecular flexibility index (Phi) is 5.24. The maximum absolute atomic E-state index is 12.2. The van der Waals surface area contributed by atoms with Crippen LogP contribution in [0, 0.1) is 3.83 Å². The number of carbonyl (C=O) groups excluding carboxylic acids is 1. The molecule has 33 heavy (non-hydrogen) atoms. The van der Waals surface area contributed by atoms with Crippen LogP contribution in [0.3, 0.4) is 0 Å². The molecule has 1 amide bonds. The Balaban J connectivity index is 1.22. The number of carbonyl (C=O) groups is 1. The lowest BCUT2D eigenvalue weighted by Crippen LogP contribution is -2.27. The normalized spacial score (nSPS) is 17.4. The second-order valence-electron chi connectivity index (χ2n) is 8.74. The molecule has 8 heteroatoms. The predicted octanol–water partition coefficient (Wildman–Crippen LogP) is 4.16. The highest BCUT2D eigenvalue weighted by atomic mass is 127. The summed E-state index contributed by atoms with van der Waals surface area (Å²) in [6, 6.07) is 14.5. The molecule has 2 N–H and O–H groups in total. The minimum absolute atomic E-state index is 0.0946. The van der Waals surface area contributed by atoms with E-state index in [2.05, 4.69) is 55.0 Å². The second kappa shape index (κ2) is 8.40. The Morgan fingerprint density at radius 1 is 1.15 bits per heavy atom. The van der Waals surface area contributed by atoms with Crippen LogP contribution in [0.25, 0.3) is 22.3 Å².